The first-order chi connectivity index (χ1) is 9.84. The van der Waals surface area contributed by atoms with Crippen LogP contribution in [0, 0.1) is 0 Å². The van der Waals surface area contributed by atoms with Gasteiger partial charge in [0.2, 0.25) is 0 Å². The molecule has 4 rings (SSSR count). The van der Waals surface area contributed by atoms with Gasteiger partial charge in [-0.15, -0.1) is 0 Å². The van der Waals surface area contributed by atoms with Crippen LogP contribution in [0.25, 0.3) is 0 Å². The second kappa shape index (κ2) is 4.72. The van der Waals surface area contributed by atoms with Crippen LogP contribution in [0.3, 0.4) is 0 Å². The molecule has 0 aliphatic carbocycles. The van der Waals surface area contributed by atoms with Gasteiger partial charge in [0.15, 0.2) is 0 Å². The number of benzene rings is 2. The summed E-state index contributed by atoms with van der Waals surface area (Å²) in [4.78, 5) is 2.52. The van der Waals surface area contributed by atoms with E-state index in [0.717, 1.165) is 13.2 Å². The maximum absolute atomic E-state index is 6.12. The fourth-order valence-electron chi connectivity index (χ4n) is 3.59. The zero-order chi connectivity index (χ0) is 13.5. The van der Waals surface area contributed by atoms with E-state index in [0.29, 0.717) is 12.0 Å². The standard InChI is InChI=1S/C18H19NO/c1-13-11-19-17(14-7-3-2-4-8-14)12-20-18(19)16-10-6-5-9-15(13)16/h2-10,13,17-18H,11-12H2,1H3/t13-,17-,18?/m0/s1. The first kappa shape index (κ1) is 12.1. The Balaban J connectivity index is 1.72. The molecule has 0 amide bonds. The molecule has 20 heavy (non-hydrogen) atoms. The number of nitrogens with zero attached hydrogens (tertiary/aromatic N) is 1. The molecule has 0 N–H and O–H groups in total. The number of rotatable bonds is 1. The number of hydrogen-bond acceptors (Lipinski definition) is 2. The first-order valence-electron chi connectivity index (χ1n) is 7.35. The van der Waals surface area contributed by atoms with Crippen molar-refractivity contribution in [1.29, 1.82) is 0 Å². The lowest BCUT2D eigenvalue weighted by atomic mass is 9.89. The summed E-state index contributed by atoms with van der Waals surface area (Å²) in [6.45, 7) is 4.17. The van der Waals surface area contributed by atoms with Gasteiger partial charge in [0.1, 0.15) is 6.23 Å². The molecule has 2 aliphatic heterocycles. The van der Waals surface area contributed by atoms with Crippen molar-refractivity contribution in [3.05, 3.63) is 71.3 Å². The van der Waals surface area contributed by atoms with Gasteiger partial charge in [-0.1, -0.05) is 61.5 Å². The van der Waals surface area contributed by atoms with Crippen molar-refractivity contribution in [1.82, 2.24) is 4.90 Å². The van der Waals surface area contributed by atoms with E-state index in [2.05, 4.69) is 66.4 Å². The van der Waals surface area contributed by atoms with Crippen molar-refractivity contribution in [3.63, 3.8) is 0 Å². The van der Waals surface area contributed by atoms with E-state index in [-0.39, 0.29) is 6.23 Å². The van der Waals surface area contributed by atoms with Gasteiger partial charge in [0, 0.05) is 6.54 Å². The molecule has 0 radical (unpaired) electrons. The second-order valence-corrected chi connectivity index (χ2v) is 5.84. The Bertz CT molecular complexity index is 610. The summed E-state index contributed by atoms with van der Waals surface area (Å²) in [7, 11) is 0. The van der Waals surface area contributed by atoms with Gasteiger partial charge < -0.3 is 4.74 Å². The zero-order valence-electron chi connectivity index (χ0n) is 11.7. The fourth-order valence-corrected chi connectivity index (χ4v) is 3.59. The zero-order valence-corrected chi connectivity index (χ0v) is 11.7. The summed E-state index contributed by atoms with van der Waals surface area (Å²) in [5.74, 6) is 0.565. The van der Waals surface area contributed by atoms with Gasteiger partial charge in [-0.3, -0.25) is 4.90 Å². The molecular weight excluding hydrogens is 246 g/mol. The average Bonchev–Trinajstić information content (AvgIpc) is 2.92. The molecule has 102 valence electrons. The number of fused-ring (bicyclic) bond motifs is 3. The van der Waals surface area contributed by atoms with Crippen molar-refractivity contribution in [2.75, 3.05) is 13.2 Å². The van der Waals surface area contributed by atoms with Crippen LogP contribution in [0.2, 0.25) is 0 Å². The maximum Gasteiger partial charge on any atom is 0.137 e. The van der Waals surface area contributed by atoms with E-state index < -0.39 is 0 Å². The summed E-state index contributed by atoms with van der Waals surface area (Å²) in [6.07, 6.45) is 0.132. The largest absolute Gasteiger partial charge is 0.357 e. The number of hydrogen-bond donors (Lipinski definition) is 0. The van der Waals surface area contributed by atoms with Gasteiger partial charge in [-0.05, 0) is 22.6 Å². The lowest BCUT2D eigenvalue weighted by Gasteiger charge is -2.37. The van der Waals surface area contributed by atoms with Gasteiger partial charge in [-0.2, -0.15) is 0 Å². The van der Waals surface area contributed by atoms with E-state index >= 15 is 0 Å². The molecule has 1 fully saturated rings. The van der Waals surface area contributed by atoms with E-state index in [1.54, 1.807) is 0 Å². The van der Waals surface area contributed by atoms with Crippen molar-refractivity contribution < 1.29 is 4.74 Å². The molecule has 1 saturated heterocycles. The van der Waals surface area contributed by atoms with Crippen molar-refractivity contribution >= 4 is 0 Å². The Morgan fingerprint density at radius 1 is 0.950 bits per heavy atom. The van der Waals surface area contributed by atoms with Gasteiger partial charge in [0.25, 0.3) is 0 Å². The first-order valence-corrected chi connectivity index (χ1v) is 7.35. The minimum atomic E-state index is 0.132. The van der Waals surface area contributed by atoms with Crippen LogP contribution in [0.1, 0.15) is 41.8 Å². The highest BCUT2D eigenvalue weighted by Gasteiger charge is 2.41. The SMILES string of the molecule is C[C@H]1CN2C(OC[C@H]2c2ccccc2)c2ccccc21. The predicted octanol–water partition coefficient (Wildman–Crippen LogP) is 3.88. The molecule has 2 heterocycles. The molecule has 2 aromatic carbocycles. The van der Waals surface area contributed by atoms with Crippen LogP contribution in [0.5, 0.6) is 0 Å². The van der Waals surface area contributed by atoms with Crippen LogP contribution >= 0.6 is 0 Å². The Kier molecular flexibility index (Phi) is 2.86. The molecule has 0 saturated carbocycles. The Labute approximate surface area is 120 Å². The van der Waals surface area contributed by atoms with E-state index in [4.69, 9.17) is 4.74 Å². The van der Waals surface area contributed by atoms with Crippen LogP contribution < -0.4 is 0 Å². The summed E-state index contributed by atoms with van der Waals surface area (Å²) in [5, 5.41) is 0. The third kappa shape index (κ3) is 1.80. The normalized spacial score (nSPS) is 28.9. The topological polar surface area (TPSA) is 12.5 Å². The summed E-state index contributed by atoms with van der Waals surface area (Å²) in [5.41, 5.74) is 4.16. The lowest BCUT2D eigenvalue weighted by Crippen LogP contribution is -2.35. The molecule has 2 aliphatic rings. The summed E-state index contributed by atoms with van der Waals surface area (Å²) >= 11 is 0. The minimum absolute atomic E-state index is 0.132. The number of ether oxygens (including phenoxy) is 1. The molecule has 0 bridgehead atoms. The average molecular weight is 265 g/mol. The molecule has 3 atom stereocenters. The van der Waals surface area contributed by atoms with Crippen molar-refractivity contribution in [3.8, 4) is 0 Å². The van der Waals surface area contributed by atoms with E-state index in [1.165, 1.54) is 16.7 Å². The predicted molar refractivity (Wildman–Crippen MR) is 79.4 cm³/mol. The summed E-state index contributed by atoms with van der Waals surface area (Å²) < 4.78 is 6.12. The third-order valence-corrected chi connectivity index (χ3v) is 4.58. The van der Waals surface area contributed by atoms with Crippen LogP contribution in [0.4, 0.5) is 0 Å². The molecule has 1 unspecified atom stereocenters. The second-order valence-electron chi connectivity index (χ2n) is 5.84. The Morgan fingerprint density at radius 3 is 2.45 bits per heavy atom. The van der Waals surface area contributed by atoms with Crippen LogP contribution in [0.15, 0.2) is 54.6 Å². The summed E-state index contributed by atoms with van der Waals surface area (Å²) in [6, 6.07) is 19.8. The van der Waals surface area contributed by atoms with Gasteiger partial charge in [-0.25, -0.2) is 0 Å². The Hall–Kier alpha value is -1.64. The maximum atomic E-state index is 6.12. The quantitative estimate of drug-likeness (QED) is 0.776. The molecule has 0 aromatic heterocycles. The smallest absolute Gasteiger partial charge is 0.137 e. The van der Waals surface area contributed by atoms with Crippen LogP contribution in [-0.4, -0.2) is 18.1 Å². The highest BCUT2D eigenvalue weighted by Crippen LogP contribution is 2.45. The lowest BCUT2D eigenvalue weighted by molar-refractivity contribution is 0.0168. The highest BCUT2D eigenvalue weighted by atomic mass is 16.5. The van der Waals surface area contributed by atoms with Gasteiger partial charge in [0.05, 0.1) is 12.6 Å². The highest BCUT2D eigenvalue weighted by molar-refractivity contribution is 5.36. The van der Waals surface area contributed by atoms with Crippen molar-refractivity contribution in [2.45, 2.75) is 25.1 Å². The fraction of sp³-hybridized carbons (Fsp3) is 0.333. The molecule has 2 aromatic rings. The van der Waals surface area contributed by atoms with Crippen molar-refractivity contribution in [2.24, 2.45) is 0 Å². The molecular formula is C18H19NO. The van der Waals surface area contributed by atoms with E-state index in [9.17, 15) is 0 Å². The molecule has 0 spiro atoms. The van der Waals surface area contributed by atoms with E-state index in [1.807, 2.05) is 0 Å². The monoisotopic (exact) mass is 265 g/mol. The Morgan fingerprint density at radius 2 is 1.65 bits per heavy atom. The third-order valence-electron chi connectivity index (χ3n) is 4.58. The minimum Gasteiger partial charge on any atom is -0.357 e. The molecule has 2 nitrogen and oxygen atoms in total. The molecule has 2 heteroatoms. The van der Waals surface area contributed by atoms with Gasteiger partial charge >= 0.3 is 0 Å². The van der Waals surface area contributed by atoms with Crippen LogP contribution in [-0.2, 0) is 4.74 Å².